The molecule has 0 aliphatic rings. The van der Waals surface area contributed by atoms with Crippen LogP contribution in [-0.2, 0) is 0 Å². The predicted molar refractivity (Wildman–Crippen MR) is 87.9 cm³/mol. The molecular weight excluding hydrogens is 248 g/mol. The Hall–Kier alpha value is -0.730. The van der Waals surface area contributed by atoms with Gasteiger partial charge in [0.15, 0.2) is 0 Å². The maximum Gasteiger partial charge on any atom is 0.314 e. The van der Waals surface area contributed by atoms with Crippen molar-refractivity contribution in [3.63, 3.8) is 0 Å². The average molecular weight is 284 g/mol. The van der Waals surface area contributed by atoms with Gasteiger partial charge in [-0.15, -0.1) is 0 Å². The third-order valence-corrected chi connectivity index (χ3v) is 3.84. The van der Waals surface area contributed by atoms with Crippen molar-refractivity contribution in [2.75, 3.05) is 13.1 Å². The average Bonchev–Trinajstić information content (AvgIpc) is 2.43. The van der Waals surface area contributed by atoms with Crippen molar-refractivity contribution in [2.45, 2.75) is 90.9 Å². The summed E-state index contributed by atoms with van der Waals surface area (Å²) in [6.45, 7) is 5.98. The van der Waals surface area contributed by atoms with Gasteiger partial charge in [0.2, 0.25) is 0 Å². The van der Waals surface area contributed by atoms with Gasteiger partial charge in [0.1, 0.15) is 0 Å². The molecule has 0 saturated carbocycles. The standard InChI is InChI=1S/C17H36N2O/c1-3-5-6-7-8-9-10-11-12-13-14-16-19(15-4-2)17(18)20/h3-16H2,1-2H3,(H2,18,20). The van der Waals surface area contributed by atoms with Crippen LogP contribution in [0.15, 0.2) is 0 Å². The monoisotopic (exact) mass is 284 g/mol. The SMILES string of the molecule is CCCCCCCCCCCCCN(CCC)C(N)=O. The van der Waals surface area contributed by atoms with Crippen LogP contribution in [0, 0.1) is 0 Å². The van der Waals surface area contributed by atoms with E-state index in [1.54, 1.807) is 4.90 Å². The Balaban J connectivity index is 3.25. The first kappa shape index (κ1) is 19.3. The Morgan fingerprint density at radius 3 is 1.55 bits per heavy atom. The second-order valence-electron chi connectivity index (χ2n) is 5.86. The maximum atomic E-state index is 11.2. The van der Waals surface area contributed by atoms with Crippen molar-refractivity contribution < 1.29 is 4.79 Å². The quantitative estimate of drug-likeness (QED) is 0.444. The summed E-state index contributed by atoms with van der Waals surface area (Å²) in [7, 11) is 0. The van der Waals surface area contributed by atoms with Gasteiger partial charge in [-0.25, -0.2) is 4.79 Å². The molecule has 2 amide bonds. The summed E-state index contributed by atoms with van der Waals surface area (Å²) in [5.74, 6) is 0. The summed E-state index contributed by atoms with van der Waals surface area (Å²) in [6.07, 6.45) is 15.7. The van der Waals surface area contributed by atoms with Crippen molar-refractivity contribution in [1.29, 1.82) is 0 Å². The lowest BCUT2D eigenvalue weighted by Gasteiger charge is -2.19. The maximum absolute atomic E-state index is 11.2. The predicted octanol–water partition coefficient (Wildman–Crippen LogP) is 5.09. The molecule has 0 unspecified atom stereocenters. The number of rotatable bonds is 14. The van der Waals surface area contributed by atoms with Crippen LogP contribution in [0.5, 0.6) is 0 Å². The van der Waals surface area contributed by atoms with Crippen LogP contribution in [0.3, 0.4) is 0 Å². The topological polar surface area (TPSA) is 46.3 Å². The molecule has 0 bridgehead atoms. The number of hydrogen-bond donors (Lipinski definition) is 1. The Kier molecular flexibility index (Phi) is 14.1. The molecule has 2 N–H and O–H groups in total. The number of nitrogens with two attached hydrogens (primary N) is 1. The van der Waals surface area contributed by atoms with E-state index in [-0.39, 0.29) is 6.03 Å². The van der Waals surface area contributed by atoms with Gasteiger partial charge in [-0.3, -0.25) is 0 Å². The molecular formula is C17H36N2O. The van der Waals surface area contributed by atoms with Gasteiger partial charge in [-0.1, -0.05) is 78.1 Å². The van der Waals surface area contributed by atoms with E-state index in [2.05, 4.69) is 13.8 Å². The van der Waals surface area contributed by atoms with Gasteiger partial charge < -0.3 is 10.6 Å². The molecule has 0 heterocycles. The molecule has 3 nitrogen and oxygen atoms in total. The highest BCUT2D eigenvalue weighted by Gasteiger charge is 2.06. The number of amides is 2. The van der Waals surface area contributed by atoms with Crippen molar-refractivity contribution in [3.8, 4) is 0 Å². The van der Waals surface area contributed by atoms with Crippen LogP contribution in [-0.4, -0.2) is 24.0 Å². The number of carbonyl (C=O) groups is 1. The molecule has 3 heteroatoms. The third kappa shape index (κ3) is 12.3. The molecule has 0 aromatic heterocycles. The summed E-state index contributed by atoms with van der Waals surface area (Å²) in [4.78, 5) is 12.9. The van der Waals surface area contributed by atoms with Gasteiger partial charge in [-0.05, 0) is 12.8 Å². The fourth-order valence-corrected chi connectivity index (χ4v) is 2.57. The molecule has 0 aromatic carbocycles. The zero-order valence-corrected chi connectivity index (χ0v) is 13.8. The van der Waals surface area contributed by atoms with Gasteiger partial charge >= 0.3 is 6.03 Å². The summed E-state index contributed by atoms with van der Waals surface area (Å²) < 4.78 is 0. The third-order valence-electron chi connectivity index (χ3n) is 3.84. The smallest absolute Gasteiger partial charge is 0.314 e. The van der Waals surface area contributed by atoms with E-state index in [9.17, 15) is 4.79 Å². The second kappa shape index (κ2) is 14.7. The summed E-state index contributed by atoms with van der Waals surface area (Å²) in [5.41, 5.74) is 5.34. The first-order valence-electron chi connectivity index (χ1n) is 8.76. The Labute approximate surface area is 126 Å². The van der Waals surface area contributed by atoms with E-state index in [0.29, 0.717) is 0 Å². The zero-order valence-electron chi connectivity index (χ0n) is 13.8. The number of unbranched alkanes of at least 4 members (excludes halogenated alkanes) is 10. The molecule has 120 valence electrons. The molecule has 0 spiro atoms. The molecule has 0 atom stereocenters. The number of hydrogen-bond acceptors (Lipinski definition) is 1. The van der Waals surface area contributed by atoms with Crippen molar-refractivity contribution >= 4 is 6.03 Å². The van der Waals surface area contributed by atoms with E-state index in [0.717, 1.165) is 25.9 Å². The molecule has 0 saturated heterocycles. The Morgan fingerprint density at radius 1 is 0.700 bits per heavy atom. The normalized spacial score (nSPS) is 10.7. The van der Waals surface area contributed by atoms with Crippen LogP contribution in [0.1, 0.15) is 90.9 Å². The highest BCUT2D eigenvalue weighted by molar-refractivity contribution is 5.71. The summed E-state index contributed by atoms with van der Waals surface area (Å²) >= 11 is 0. The molecule has 0 rings (SSSR count). The number of primary amides is 1. The molecule has 0 aliphatic heterocycles. The van der Waals surface area contributed by atoms with Gasteiger partial charge in [0, 0.05) is 13.1 Å². The van der Waals surface area contributed by atoms with Crippen molar-refractivity contribution in [1.82, 2.24) is 4.90 Å². The largest absolute Gasteiger partial charge is 0.351 e. The highest BCUT2D eigenvalue weighted by atomic mass is 16.2. The van der Waals surface area contributed by atoms with Gasteiger partial charge in [0.25, 0.3) is 0 Å². The van der Waals surface area contributed by atoms with Crippen LogP contribution in [0.2, 0.25) is 0 Å². The number of urea groups is 1. The van der Waals surface area contributed by atoms with Crippen molar-refractivity contribution in [2.24, 2.45) is 5.73 Å². The number of carbonyl (C=O) groups excluding carboxylic acids is 1. The fraction of sp³-hybridized carbons (Fsp3) is 0.941. The molecule has 0 aliphatic carbocycles. The zero-order chi connectivity index (χ0) is 15.1. The van der Waals surface area contributed by atoms with Gasteiger partial charge in [0.05, 0.1) is 0 Å². The lowest BCUT2D eigenvalue weighted by molar-refractivity contribution is 0.206. The lowest BCUT2D eigenvalue weighted by atomic mass is 10.1. The van der Waals surface area contributed by atoms with Crippen LogP contribution >= 0.6 is 0 Å². The minimum absolute atomic E-state index is 0.265. The van der Waals surface area contributed by atoms with E-state index in [1.807, 2.05) is 0 Å². The molecule has 20 heavy (non-hydrogen) atoms. The first-order valence-corrected chi connectivity index (χ1v) is 8.76. The summed E-state index contributed by atoms with van der Waals surface area (Å²) in [5, 5.41) is 0. The Bertz CT molecular complexity index is 219. The van der Waals surface area contributed by atoms with Crippen molar-refractivity contribution in [3.05, 3.63) is 0 Å². The van der Waals surface area contributed by atoms with Crippen LogP contribution in [0.4, 0.5) is 4.79 Å². The minimum Gasteiger partial charge on any atom is -0.351 e. The van der Waals surface area contributed by atoms with E-state index >= 15 is 0 Å². The first-order chi connectivity index (χ1) is 9.72. The molecule has 0 aromatic rings. The molecule has 0 radical (unpaired) electrons. The van der Waals surface area contributed by atoms with E-state index in [1.165, 1.54) is 64.2 Å². The Morgan fingerprint density at radius 2 is 1.15 bits per heavy atom. The van der Waals surface area contributed by atoms with Gasteiger partial charge in [-0.2, -0.15) is 0 Å². The van der Waals surface area contributed by atoms with Crippen LogP contribution in [0.25, 0.3) is 0 Å². The van der Waals surface area contributed by atoms with E-state index < -0.39 is 0 Å². The second-order valence-corrected chi connectivity index (χ2v) is 5.86. The van der Waals surface area contributed by atoms with Crippen LogP contribution < -0.4 is 5.73 Å². The highest BCUT2D eigenvalue weighted by Crippen LogP contribution is 2.11. The number of nitrogens with zero attached hydrogens (tertiary/aromatic N) is 1. The molecule has 0 fully saturated rings. The fourth-order valence-electron chi connectivity index (χ4n) is 2.57. The van der Waals surface area contributed by atoms with E-state index in [4.69, 9.17) is 5.73 Å². The summed E-state index contributed by atoms with van der Waals surface area (Å²) in [6, 6.07) is -0.265. The lowest BCUT2D eigenvalue weighted by Crippen LogP contribution is -2.36. The minimum atomic E-state index is -0.265.